The third-order valence-electron chi connectivity index (χ3n) is 3.65. The first-order valence-corrected chi connectivity index (χ1v) is 8.94. The van der Waals surface area contributed by atoms with E-state index in [1.165, 1.54) is 0 Å². The minimum absolute atomic E-state index is 0. The van der Waals surface area contributed by atoms with Crippen molar-refractivity contribution in [3.8, 4) is 5.88 Å². The van der Waals surface area contributed by atoms with Crippen molar-refractivity contribution in [1.29, 1.82) is 0 Å². The SMILES string of the molecule is CCCC(CCO)CNC(=NCc1ccnc(OCC)c1)NCC.I. The average molecular weight is 464 g/mol. The van der Waals surface area contributed by atoms with Crippen molar-refractivity contribution in [3.05, 3.63) is 23.9 Å². The molecule has 0 spiro atoms. The van der Waals surface area contributed by atoms with Crippen LogP contribution in [0.1, 0.15) is 45.6 Å². The molecule has 0 bridgehead atoms. The van der Waals surface area contributed by atoms with Gasteiger partial charge in [-0.3, -0.25) is 0 Å². The summed E-state index contributed by atoms with van der Waals surface area (Å²) in [5.74, 6) is 1.90. The monoisotopic (exact) mass is 464 g/mol. The van der Waals surface area contributed by atoms with Crippen molar-refractivity contribution in [2.24, 2.45) is 10.9 Å². The first-order chi connectivity index (χ1) is 11.7. The van der Waals surface area contributed by atoms with Crippen LogP contribution in [0.25, 0.3) is 0 Å². The second-order valence-electron chi connectivity index (χ2n) is 5.68. The van der Waals surface area contributed by atoms with E-state index in [4.69, 9.17) is 9.84 Å². The number of hydrogen-bond donors (Lipinski definition) is 3. The quantitative estimate of drug-likeness (QED) is 0.267. The van der Waals surface area contributed by atoms with Crippen LogP contribution in [0, 0.1) is 5.92 Å². The van der Waals surface area contributed by atoms with Crippen LogP contribution >= 0.6 is 24.0 Å². The lowest BCUT2D eigenvalue weighted by Crippen LogP contribution is -2.40. The summed E-state index contributed by atoms with van der Waals surface area (Å²) in [7, 11) is 0. The molecule has 7 heteroatoms. The zero-order valence-electron chi connectivity index (χ0n) is 15.6. The van der Waals surface area contributed by atoms with Gasteiger partial charge >= 0.3 is 0 Å². The maximum Gasteiger partial charge on any atom is 0.213 e. The summed E-state index contributed by atoms with van der Waals surface area (Å²) in [6, 6.07) is 3.86. The lowest BCUT2D eigenvalue weighted by Gasteiger charge is -2.18. The molecule has 1 heterocycles. The van der Waals surface area contributed by atoms with Gasteiger partial charge in [0.15, 0.2) is 5.96 Å². The van der Waals surface area contributed by atoms with Gasteiger partial charge in [0.2, 0.25) is 5.88 Å². The summed E-state index contributed by atoms with van der Waals surface area (Å²) in [6.07, 6.45) is 4.79. The highest BCUT2D eigenvalue weighted by Crippen LogP contribution is 2.11. The number of pyridine rings is 1. The van der Waals surface area contributed by atoms with Gasteiger partial charge < -0.3 is 20.5 Å². The van der Waals surface area contributed by atoms with Crippen LogP contribution < -0.4 is 15.4 Å². The van der Waals surface area contributed by atoms with E-state index in [2.05, 4.69) is 27.5 Å². The lowest BCUT2D eigenvalue weighted by molar-refractivity contribution is 0.251. The molecule has 1 aromatic rings. The van der Waals surface area contributed by atoms with Gasteiger partial charge in [-0.1, -0.05) is 13.3 Å². The third-order valence-corrected chi connectivity index (χ3v) is 3.65. The fraction of sp³-hybridized carbons (Fsp3) is 0.667. The van der Waals surface area contributed by atoms with Gasteiger partial charge in [-0.25, -0.2) is 9.98 Å². The molecule has 1 rings (SSSR count). The topological polar surface area (TPSA) is 78.8 Å². The molecule has 0 aliphatic carbocycles. The Balaban J connectivity index is 0.00000576. The second kappa shape index (κ2) is 15.2. The van der Waals surface area contributed by atoms with Gasteiger partial charge in [-0.15, -0.1) is 24.0 Å². The Morgan fingerprint density at radius 2 is 2.08 bits per heavy atom. The van der Waals surface area contributed by atoms with Crippen molar-refractivity contribution in [2.45, 2.75) is 46.6 Å². The van der Waals surface area contributed by atoms with E-state index in [0.29, 0.717) is 24.9 Å². The van der Waals surface area contributed by atoms with Crippen LogP contribution in [-0.4, -0.2) is 42.4 Å². The molecule has 0 aliphatic heterocycles. The maximum atomic E-state index is 9.16. The normalized spacial score (nSPS) is 12.2. The molecule has 1 atom stereocenters. The molecular formula is C18H33IN4O2. The predicted octanol–water partition coefficient (Wildman–Crippen LogP) is 2.95. The largest absolute Gasteiger partial charge is 0.478 e. The average Bonchev–Trinajstić information content (AvgIpc) is 2.58. The second-order valence-corrected chi connectivity index (χ2v) is 5.68. The summed E-state index contributed by atoms with van der Waals surface area (Å²) in [4.78, 5) is 8.79. The Labute approximate surface area is 168 Å². The molecule has 0 radical (unpaired) electrons. The molecule has 0 aromatic carbocycles. The molecule has 0 amide bonds. The van der Waals surface area contributed by atoms with E-state index < -0.39 is 0 Å². The number of hydrogen-bond acceptors (Lipinski definition) is 4. The smallest absolute Gasteiger partial charge is 0.213 e. The van der Waals surface area contributed by atoms with Gasteiger partial charge in [0.25, 0.3) is 0 Å². The number of nitrogens with one attached hydrogen (secondary N) is 2. The highest BCUT2D eigenvalue weighted by Gasteiger charge is 2.08. The van der Waals surface area contributed by atoms with Crippen molar-refractivity contribution in [1.82, 2.24) is 15.6 Å². The fourth-order valence-corrected chi connectivity index (χ4v) is 2.47. The summed E-state index contributed by atoms with van der Waals surface area (Å²) in [6.45, 7) is 9.20. The van der Waals surface area contributed by atoms with E-state index in [9.17, 15) is 0 Å². The molecule has 6 nitrogen and oxygen atoms in total. The highest BCUT2D eigenvalue weighted by molar-refractivity contribution is 14.0. The van der Waals surface area contributed by atoms with E-state index in [1.54, 1.807) is 6.20 Å². The minimum atomic E-state index is 0. The number of aromatic nitrogens is 1. The molecule has 25 heavy (non-hydrogen) atoms. The lowest BCUT2D eigenvalue weighted by atomic mass is 10.0. The van der Waals surface area contributed by atoms with Crippen molar-refractivity contribution >= 4 is 29.9 Å². The van der Waals surface area contributed by atoms with Crippen molar-refractivity contribution in [3.63, 3.8) is 0 Å². The number of aliphatic hydroxyl groups is 1. The van der Waals surface area contributed by atoms with E-state index >= 15 is 0 Å². The standard InChI is InChI=1S/C18H32N4O2.HI/c1-4-7-15(9-11-23)13-21-18(19-5-2)22-14-16-8-10-20-17(12-16)24-6-3;/h8,10,12,15,23H,4-7,9,11,13-14H2,1-3H3,(H2,19,21,22);1H. The van der Waals surface area contributed by atoms with Crippen LogP contribution in [0.2, 0.25) is 0 Å². The summed E-state index contributed by atoms with van der Waals surface area (Å²) in [5.41, 5.74) is 1.06. The Bertz CT molecular complexity index is 480. The number of halogens is 1. The summed E-state index contributed by atoms with van der Waals surface area (Å²) in [5, 5.41) is 15.8. The third kappa shape index (κ3) is 10.5. The molecule has 1 aromatic heterocycles. The number of rotatable bonds is 11. The zero-order chi connectivity index (χ0) is 17.6. The number of nitrogens with zero attached hydrogens (tertiary/aromatic N) is 2. The van der Waals surface area contributed by atoms with Crippen LogP contribution in [0.5, 0.6) is 5.88 Å². The van der Waals surface area contributed by atoms with Crippen LogP contribution in [0.15, 0.2) is 23.3 Å². The van der Waals surface area contributed by atoms with Gasteiger partial charge in [0, 0.05) is 32.0 Å². The van der Waals surface area contributed by atoms with Gasteiger partial charge in [-0.2, -0.15) is 0 Å². The molecule has 0 aliphatic rings. The molecular weight excluding hydrogens is 431 g/mol. The Kier molecular flexibility index (Phi) is 14.5. The van der Waals surface area contributed by atoms with E-state index in [0.717, 1.165) is 43.9 Å². The molecule has 0 saturated heterocycles. The van der Waals surface area contributed by atoms with Crippen LogP contribution in [-0.2, 0) is 6.54 Å². The Morgan fingerprint density at radius 3 is 2.72 bits per heavy atom. The summed E-state index contributed by atoms with van der Waals surface area (Å²) >= 11 is 0. The van der Waals surface area contributed by atoms with Crippen molar-refractivity contribution < 1.29 is 9.84 Å². The molecule has 3 N–H and O–H groups in total. The van der Waals surface area contributed by atoms with E-state index in [1.807, 2.05) is 26.0 Å². The van der Waals surface area contributed by atoms with Gasteiger partial charge in [0.1, 0.15) is 0 Å². The predicted molar refractivity (Wildman–Crippen MR) is 114 cm³/mol. The van der Waals surface area contributed by atoms with Crippen molar-refractivity contribution in [2.75, 3.05) is 26.3 Å². The first-order valence-electron chi connectivity index (χ1n) is 8.94. The van der Waals surface area contributed by atoms with Crippen LogP contribution in [0.4, 0.5) is 0 Å². The Hall–Kier alpha value is -1.09. The molecule has 1 unspecified atom stereocenters. The maximum absolute atomic E-state index is 9.16. The fourth-order valence-electron chi connectivity index (χ4n) is 2.47. The highest BCUT2D eigenvalue weighted by atomic mass is 127. The molecule has 0 fully saturated rings. The van der Waals surface area contributed by atoms with Gasteiger partial charge in [0.05, 0.1) is 13.2 Å². The zero-order valence-corrected chi connectivity index (χ0v) is 18.0. The molecule has 144 valence electrons. The van der Waals surface area contributed by atoms with E-state index in [-0.39, 0.29) is 30.6 Å². The number of aliphatic hydroxyl groups excluding tert-OH is 1. The Morgan fingerprint density at radius 1 is 1.28 bits per heavy atom. The number of ether oxygens (including phenoxy) is 1. The number of guanidine groups is 1. The van der Waals surface area contributed by atoms with Gasteiger partial charge in [-0.05, 0) is 44.2 Å². The van der Waals surface area contributed by atoms with Crippen LogP contribution in [0.3, 0.4) is 0 Å². The first kappa shape index (κ1) is 23.9. The molecule has 0 saturated carbocycles. The minimum Gasteiger partial charge on any atom is -0.478 e. The number of aliphatic imine (C=N–C) groups is 1. The summed E-state index contributed by atoms with van der Waals surface area (Å²) < 4.78 is 5.42.